The molecule has 2 aromatic heterocycles. The van der Waals surface area contributed by atoms with E-state index in [-0.39, 0.29) is 11.7 Å². The summed E-state index contributed by atoms with van der Waals surface area (Å²) in [4.78, 5) is 19.1. The number of carbonyl (C=O) groups is 1. The van der Waals surface area contributed by atoms with Gasteiger partial charge >= 0.3 is 0 Å². The Balaban J connectivity index is 1.55. The van der Waals surface area contributed by atoms with Crippen molar-refractivity contribution in [2.45, 2.75) is 19.3 Å². The zero-order valence-corrected chi connectivity index (χ0v) is 14.9. The van der Waals surface area contributed by atoms with E-state index in [1.165, 1.54) is 0 Å². The second-order valence-corrected chi connectivity index (χ2v) is 7.07. The van der Waals surface area contributed by atoms with Crippen LogP contribution in [-0.2, 0) is 11.2 Å². The Hall–Kier alpha value is -2.66. The van der Waals surface area contributed by atoms with Gasteiger partial charge < -0.3 is 4.90 Å². The van der Waals surface area contributed by atoms with Gasteiger partial charge in [0.1, 0.15) is 5.78 Å². The fourth-order valence-corrected chi connectivity index (χ4v) is 3.54. The van der Waals surface area contributed by atoms with E-state index in [4.69, 9.17) is 0 Å². The summed E-state index contributed by atoms with van der Waals surface area (Å²) < 4.78 is 0. The molecule has 3 heterocycles. The molecule has 0 atom stereocenters. The largest absolute Gasteiger partial charge is 0.306 e. The van der Waals surface area contributed by atoms with Crippen molar-refractivity contribution in [3.05, 3.63) is 54.5 Å². The Morgan fingerprint density at radius 3 is 2.73 bits per heavy atom. The van der Waals surface area contributed by atoms with Crippen molar-refractivity contribution in [3.8, 4) is 11.1 Å². The highest BCUT2D eigenvalue weighted by Crippen LogP contribution is 2.24. The minimum Gasteiger partial charge on any atom is -0.306 e. The molecule has 0 saturated carbocycles. The molecule has 26 heavy (non-hydrogen) atoms. The van der Waals surface area contributed by atoms with E-state index in [9.17, 15) is 4.79 Å². The van der Waals surface area contributed by atoms with E-state index in [1.54, 1.807) is 6.20 Å². The number of piperidine rings is 1. The number of hydrogen-bond donors (Lipinski definition) is 0. The summed E-state index contributed by atoms with van der Waals surface area (Å²) in [5.41, 5.74) is 3.75. The van der Waals surface area contributed by atoms with Crippen molar-refractivity contribution in [1.29, 1.82) is 0 Å². The minimum absolute atomic E-state index is 0.158. The van der Waals surface area contributed by atoms with Crippen molar-refractivity contribution in [1.82, 2.24) is 20.1 Å². The number of benzene rings is 1. The third-order valence-electron chi connectivity index (χ3n) is 5.16. The normalized spacial score (nSPS) is 16.0. The Morgan fingerprint density at radius 2 is 1.96 bits per heavy atom. The van der Waals surface area contributed by atoms with Crippen LogP contribution in [0.1, 0.15) is 18.5 Å². The molecule has 132 valence electrons. The molecule has 0 aliphatic carbocycles. The van der Waals surface area contributed by atoms with Gasteiger partial charge in [-0.2, -0.15) is 10.2 Å². The average molecular weight is 346 g/mol. The summed E-state index contributed by atoms with van der Waals surface area (Å²) in [7, 11) is 2.11. The van der Waals surface area contributed by atoms with Gasteiger partial charge in [-0.15, -0.1) is 0 Å². The van der Waals surface area contributed by atoms with E-state index in [0.717, 1.165) is 53.7 Å². The van der Waals surface area contributed by atoms with Gasteiger partial charge in [-0.25, -0.2) is 0 Å². The first-order valence-electron chi connectivity index (χ1n) is 9.07. The molecule has 1 aliphatic rings. The molecular weight excluding hydrogens is 324 g/mol. The van der Waals surface area contributed by atoms with E-state index >= 15 is 0 Å². The molecule has 0 N–H and O–H groups in total. The van der Waals surface area contributed by atoms with Crippen molar-refractivity contribution in [3.63, 3.8) is 0 Å². The van der Waals surface area contributed by atoms with Crippen LogP contribution < -0.4 is 0 Å². The predicted molar refractivity (Wildman–Crippen MR) is 102 cm³/mol. The summed E-state index contributed by atoms with van der Waals surface area (Å²) in [5.74, 6) is 0.445. The number of nitrogens with zero attached hydrogens (tertiary/aromatic N) is 4. The van der Waals surface area contributed by atoms with Gasteiger partial charge in [0.25, 0.3) is 0 Å². The van der Waals surface area contributed by atoms with Gasteiger partial charge in [0.05, 0.1) is 17.6 Å². The Bertz CT molecular complexity index is 918. The molecule has 1 fully saturated rings. The Morgan fingerprint density at radius 1 is 1.12 bits per heavy atom. The lowest BCUT2D eigenvalue weighted by molar-refractivity contribution is -0.123. The number of Topliss-reactive ketones (excluding diaryl/α,β-unsaturated/α-hetero) is 1. The number of fused-ring (bicyclic) bond motifs is 1. The summed E-state index contributed by atoms with van der Waals surface area (Å²) >= 11 is 0. The maximum atomic E-state index is 12.6. The molecule has 3 aromatic rings. The zero-order chi connectivity index (χ0) is 17.9. The molecule has 0 bridgehead atoms. The average Bonchev–Trinajstić information content (AvgIpc) is 2.68. The van der Waals surface area contributed by atoms with Crippen LogP contribution in [0.15, 0.2) is 48.8 Å². The van der Waals surface area contributed by atoms with Crippen LogP contribution in [0.2, 0.25) is 0 Å². The van der Waals surface area contributed by atoms with Crippen LogP contribution in [0, 0.1) is 5.92 Å². The van der Waals surface area contributed by atoms with E-state index < -0.39 is 0 Å². The fraction of sp³-hybridized carbons (Fsp3) is 0.333. The van der Waals surface area contributed by atoms with Crippen molar-refractivity contribution in [2.75, 3.05) is 20.1 Å². The molecule has 4 rings (SSSR count). The second kappa shape index (κ2) is 7.30. The maximum Gasteiger partial charge on any atom is 0.142 e. The molecule has 0 amide bonds. The highest BCUT2D eigenvalue weighted by atomic mass is 16.1. The summed E-state index contributed by atoms with van der Waals surface area (Å²) in [6.45, 7) is 1.99. The first-order chi connectivity index (χ1) is 12.7. The zero-order valence-electron chi connectivity index (χ0n) is 14.9. The maximum absolute atomic E-state index is 12.6. The topological polar surface area (TPSA) is 59.0 Å². The highest BCUT2D eigenvalue weighted by molar-refractivity contribution is 5.86. The fourth-order valence-electron chi connectivity index (χ4n) is 3.54. The van der Waals surface area contributed by atoms with E-state index in [2.05, 4.69) is 33.2 Å². The monoisotopic (exact) mass is 346 g/mol. The summed E-state index contributed by atoms with van der Waals surface area (Å²) in [5, 5.41) is 9.57. The SMILES string of the molecule is CN1CCC(C(=O)Cc2cc3cc(-c4cccnc4)ccc3nn2)CC1. The van der Waals surface area contributed by atoms with Gasteiger partial charge in [-0.1, -0.05) is 12.1 Å². The number of aromatic nitrogens is 3. The van der Waals surface area contributed by atoms with Gasteiger partial charge in [-0.3, -0.25) is 9.78 Å². The lowest BCUT2D eigenvalue weighted by atomic mass is 9.90. The van der Waals surface area contributed by atoms with Crippen LogP contribution in [0.3, 0.4) is 0 Å². The van der Waals surface area contributed by atoms with Crippen LogP contribution in [0.25, 0.3) is 22.0 Å². The number of ketones is 1. The second-order valence-electron chi connectivity index (χ2n) is 7.07. The lowest BCUT2D eigenvalue weighted by Crippen LogP contribution is -2.34. The van der Waals surface area contributed by atoms with Crippen LogP contribution >= 0.6 is 0 Å². The number of carbonyl (C=O) groups excluding carboxylic acids is 1. The lowest BCUT2D eigenvalue weighted by Gasteiger charge is -2.27. The van der Waals surface area contributed by atoms with Crippen molar-refractivity contribution >= 4 is 16.7 Å². The van der Waals surface area contributed by atoms with E-state index in [0.29, 0.717) is 6.42 Å². The molecular formula is C21H22N4O. The number of pyridine rings is 1. The minimum atomic E-state index is 0.158. The number of rotatable bonds is 4. The van der Waals surface area contributed by atoms with Crippen molar-refractivity contribution in [2.24, 2.45) is 5.92 Å². The van der Waals surface area contributed by atoms with Crippen LogP contribution in [0.5, 0.6) is 0 Å². The summed E-state index contributed by atoms with van der Waals surface area (Å²) in [6, 6.07) is 12.0. The van der Waals surface area contributed by atoms with Gasteiger partial charge in [-0.05, 0) is 62.8 Å². The quantitative estimate of drug-likeness (QED) is 0.726. The third-order valence-corrected chi connectivity index (χ3v) is 5.16. The van der Waals surface area contributed by atoms with Gasteiger partial charge in [0.15, 0.2) is 0 Å². The molecule has 1 aliphatic heterocycles. The number of hydrogen-bond acceptors (Lipinski definition) is 5. The first kappa shape index (κ1) is 16.8. The molecule has 0 unspecified atom stereocenters. The van der Waals surface area contributed by atoms with Gasteiger partial charge in [0, 0.05) is 29.3 Å². The third kappa shape index (κ3) is 3.63. The van der Waals surface area contributed by atoms with Crippen molar-refractivity contribution < 1.29 is 4.79 Å². The molecule has 5 heteroatoms. The number of likely N-dealkylation sites (tertiary alicyclic amines) is 1. The molecule has 5 nitrogen and oxygen atoms in total. The molecule has 0 radical (unpaired) electrons. The Labute approximate surface area is 153 Å². The molecule has 1 aromatic carbocycles. The predicted octanol–water partition coefficient (Wildman–Crippen LogP) is 3.15. The summed E-state index contributed by atoms with van der Waals surface area (Å²) in [6.07, 6.45) is 5.88. The molecule has 1 saturated heterocycles. The first-order valence-corrected chi connectivity index (χ1v) is 9.07. The standard InChI is InChI=1S/C21H22N4O/c1-25-9-6-15(7-10-25)21(26)13-19-12-18-11-16(4-5-20(18)24-23-19)17-3-2-8-22-14-17/h2-5,8,11-12,14-15H,6-7,9-10,13H2,1H3. The Kier molecular flexibility index (Phi) is 4.71. The van der Waals surface area contributed by atoms with Crippen LogP contribution in [-0.4, -0.2) is 46.0 Å². The van der Waals surface area contributed by atoms with Crippen LogP contribution in [0.4, 0.5) is 0 Å². The highest BCUT2D eigenvalue weighted by Gasteiger charge is 2.23. The smallest absolute Gasteiger partial charge is 0.142 e. The molecule has 0 spiro atoms. The van der Waals surface area contributed by atoms with E-state index in [1.807, 2.05) is 36.5 Å². The van der Waals surface area contributed by atoms with Gasteiger partial charge in [0.2, 0.25) is 0 Å².